The van der Waals surface area contributed by atoms with E-state index in [2.05, 4.69) is 21.3 Å². The van der Waals surface area contributed by atoms with Crippen LogP contribution in [0, 0.1) is 11.8 Å². The number of aromatic carboxylic acids is 2. The van der Waals surface area contributed by atoms with Gasteiger partial charge in [-0.3, -0.25) is 39.2 Å². The van der Waals surface area contributed by atoms with Gasteiger partial charge in [0.1, 0.15) is 11.5 Å². The fourth-order valence-electron chi connectivity index (χ4n) is 6.23. The molecule has 0 saturated heterocycles. The Labute approximate surface area is 368 Å². The fourth-order valence-corrected chi connectivity index (χ4v) is 6.23. The maximum absolute atomic E-state index is 12.4. The van der Waals surface area contributed by atoms with E-state index in [0.29, 0.717) is 39.9 Å². The third-order valence-electron chi connectivity index (χ3n) is 9.61. The molecule has 0 spiro atoms. The molecule has 0 bridgehead atoms. The summed E-state index contributed by atoms with van der Waals surface area (Å²) in [7, 11) is 0. The molecule has 0 unspecified atom stereocenters. The fraction of sp³-hybridized carbons (Fsp3) is 0.364. The van der Waals surface area contributed by atoms with E-state index in [9.17, 15) is 53.9 Å². The number of amides is 6. The first-order valence-corrected chi connectivity index (χ1v) is 20.5. The lowest BCUT2D eigenvalue weighted by Crippen LogP contribution is -2.42. The van der Waals surface area contributed by atoms with Crippen LogP contribution in [-0.2, 0) is 19.2 Å². The van der Waals surface area contributed by atoms with Crippen molar-refractivity contribution >= 4 is 48.4 Å². The number of hydrogen-bond donors (Lipinski definition) is 8. The second-order valence-electron chi connectivity index (χ2n) is 14.4. The number of benzene rings is 2. The van der Waals surface area contributed by atoms with Gasteiger partial charge in [0, 0.05) is 11.1 Å². The van der Waals surface area contributed by atoms with Crippen molar-refractivity contribution in [1.82, 2.24) is 31.4 Å². The Morgan fingerprint density at radius 3 is 1.59 bits per heavy atom. The lowest BCUT2D eigenvalue weighted by atomic mass is 10.0. The number of unbranched alkanes of at least 4 members (excludes halogenated alkanes) is 4. The molecule has 4 aromatic rings. The van der Waals surface area contributed by atoms with Gasteiger partial charge in [0.2, 0.25) is 24.6 Å². The Kier molecular flexibility index (Phi) is 21.4. The molecule has 2 aromatic heterocycles. The molecular formula is C44H54N6O14. The van der Waals surface area contributed by atoms with Crippen molar-refractivity contribution in [2.45, 2.75) is 65.2 Å². The summed E-state index contributed by atoms with van der Waals surface area (Å²) in [5.74, 6) is -4.86. The monoisotopic (exact) mass is 890 g/mol. The quantitative estimate of drug-likeness (QED) is 0.0136. The van der Waals surface area contributed by atoms with Gasteiger partial charge in [-0.1, -0.05) is 82.7 Å². The molecule has 0 aliphatic heterocycles. The van der Waals surface area contributed by atoms with Crippen LogP contribution >= 0.6 is 0 Å². The van der Waals surface area contributed by atoms with Crippen LogP contribution in [0.25, 0.3) is 22.6 Å². The molecule has 2 aromatic carbocycles. The number of furan rings is 2. The predicted molar refractivity (Wildman–Crippen MR) is 228 cm³/mol. The number of carboxylic acids is 2. The average Bonchev–Trinajstić information content (AvgIpc) is 4.00. The predicted octanol–water partition coefficient (Wildman–Crippen LogP) is 4.98. The maximum atomic E-state index is 12.4. The molecule has 0 aliphatic carbocycles. The van der Waals surface area contributed by atoms with E-state index in [1.54, 1.807) is 36.4 Å². The van der Waals surface area contributed by atoms with E-state index >= 15 is 0 Å². The zero-order chi connectivity index (χ0) is 47.0. The molecule has 64 heavy (non-hydrogen) atoms. The van der Waals surface area contributed by atoms with E-state index in [1.165, 1.54) is 36.4 Å². The number of rotatable bonds is 26. The molecule has 344 valence electrons. The van der Waals surface area contributed by atoms with Gasteiger partial charge in [0.05, 0.1) is 49.4 Å². The van der Waals surface area contributed by atoms with Gasteiger partial charge < -0.3 is 40.3 Å². The maximum Gasteiger partial charge on any atom is 0.336 e. The second-order valence-corrected chi connectivity index (χ2v) is 14.4. The summed E-state index contributed by atoms with van der Waals surface area (Å²) in [6.45, 7) is 3.42. The van der Waals surface area contributed by atoms with Crippen LogP contribution < -0.4 is 21.3 Å². The Morgan fingerprint density at radius 2 is 1.11 bits per heavy atom. The molecule has 2 heterocycles. The topological polar surface area (TPSA) is 298 Å². The van der Waals surface area contributed by atoms with Crippen molar-refractivity contribution in [1.29, 1.82) is 0 Å². The summed E-state index contributed by atoms with van der Waals surface area (Å²) in [5, 5.41) is 48.2. The highest BCUT2D eigenvalue weighted by Crippen LogP contribution is 2.26. The minimum Gasteiger partial charge on any atom is -0.478 e. The van der Waals surface area contributed by atoms with Gasteiger partial charge in [0.15, 0.2) is 11.5 Å². The standard InChI is InChI=1S/2C22H27N3O7/c1-2-3-4-7-15(12-25(31)14-26)20(27)23-13-24-21(28)19-11-10-18(32-19)16-8-5-6-9-17(16)22(29)30;1-2-3-4-6-17(12-25(31)14-26)20(27)23-13-24-21(28)19-10-9-18(32-19)15-7-5-8-16(11-15)22(29)30/h5-6,8-11,14-15,31H,2-4,7,12-13H2,1H3,(H,23,27)(H,24,28)(H,29,30);5,7-11,14,17,31H,2-4,6,12-13H2,1H3,(H,23,27)(H,24,28)(H,29,30)/t15-;17-/m11/s1. The van der Waals surface area contributed by atoms with Gasteiger partial charge in [-0.2, -0.15) is 0 Å². The Hall–Kier alpha value is -7.32. The van der Waals surface area contributed by atoms with E-state index < -0.39 is 47.4 Å². The highest BCUT2D eigenvalue weighted by atomic mass is 16.5. The summed E-state index contributed by atoms with van der Waals surface area (Å²) in [6, 6.07) is 18.3. The summed E-state index contributed by atoms with van der Waals surface area (Å²) in [4.78, 5) is 93.2. The van der Waals surface area contributed by atoms with Crippen molar-refractivity contribution in [2.75, 3.05) is 26.4 Å². The molecule has 2 atom stereocenters. The smallest absolute Gasteiger partial charge is 0.336 e. The summed E-state index contributed by atoms with van der Waals surface area (Å²) in [5.41, 5.74) is 0.988. The second kappa shape index (κ2) is 26.9. The van der Waals surface area contributed by atoms with Crippen molar-refractivity contribution in [3.63, 3.8) is 0 Å². The number of hydroxylamine groups is 4. The number of carboxylic acid groups (broad SMARTS) is 2. The van der Waals surface area contributed by atoms with Crippen LogP contribution in [0.2, 0.25) is 0 Å². The van der Waals surface area contributed by atoms with Crippen LogP contribution in [0.3, 0.4) is 0 Å². The zero-order valence-corrected chi connectivity index (χ0v) is 35.5. The first-order chi connectivity index (χ1) is 30.7. The number of carbonyl (C=O) groups excluding carboxylic acids is 6. The van der Waals surface area contributed by atoms with Crippen LogP contribution in [0.1, 0.15) is 107 Å². The minimum absolute atomic E-state index is 0.00281. The molecule has 4 rings (SSSR count). The van der Waals surface area contributed by atoms with Crippen LogP contribution in [-0.4, -0.2) is 106 Å². The van der Waals surface area contributed by atoms with Gasteiger partial charge in [0.25, 0.3) is 11.8 Å². The third kappa shape index (κ3) is 16.5. The minimum atomic E-state index is -1.12. The average molecular weight is 891 g/mol. The highest BCUT2D eigenvalue weighted by Gasteiger charge is 2.23. The molecule has 0 saturated carbocycles. The van der Waals surface area contributed by atoms with E-state index in [4.69, 9.17) is 13.9 Å². The Balaban J connectivity index is 0.000000340. The van der Waals surface area contributed by atoms with E-state index in [-0.39, 0.29) is 67.7 Å². The highest BCUT2D eigenvalue weighted by molar-refractivity contribution is 5.97. The van der Waals surface area contributed by atoms with E-state index in [0.717, 1.165) is 38.5 Å². The number of nitrogens with zero attached hydrogens (tertiary/aromatic N) is 2. The molecule has 8 N–H and O–H groups in total. The molecule has 20 nitrogen and oxygen atoms in total. The normalized spacial score (nSPS) is 11.4. The first kappa shape index (κ1) is 51.0. The summed E-state index contributed by atoms with van der Waals surface area (Å²) < 4.78 is 11.0. The number of nitrogens with one attached hydrogen (secondary N) is 4. The Bertz CT molecular complexity index is 2190. The van der Waals surface area contributed by atoms with Crippen LogP contribution in [0.15, 0.2) is 81.6 Å². The molecule has 0 radical (unpaired) electrons. The van der Waals surface area contributed by atoms with Gasteiger partial charge in [-0.05, 0) is 55.3 Å². The number of hydrogen-bond acceptors (Lipinski definition) is 12. The first-order valence-electron chi connectivity index (χ1n) is 20.5. The summed E-state index contributed by atoms with van der Waals surface area (Å²) in [6.07, 6.45) is 6.75. The van der Waals surface area contributed by atoms with Gasteiger partial charge in [-0.25, -0.2) is 19.7 Å². The van der Waals surface area contributed by atoms with Crippen molar-refractivity contribution < 1.29 is 67.8 Å². The summed E-state index contributed by atoms with van der Waals surface area (Å²) >= 11 is 0. The molecular weight excluding hydrogens is 837 g/mol. The van der Waals surface area contributed by atoms with Gasteiger partial charge in [-0.15, -0.1) is 0 Å². The Morgan fingerprint density at radius 1 is 0.609 bits per heavy atom. The lowest BCUT2D eigenvalue weighted by molar-refractivity contribution is -0.155. The molecule has 6 amide bonds. The zero-order valence-electron chi connectivity index (χ0n) is 35.5. The van der Waals surface area contributed by atoms with E-state index in [1.807, 2.05) is 13.8 Å². The van der Waals surface area contributed by atoms with Crippen LogP contribution in [0.4, 0.5) is 0 Å². The molecule has 0 aliphatic rings. The third-order valence-corrected chi connectivity index (χ3v) is 9.61. The lowest BCUT2D eigenvalue weighted by Gasteiger charge is -2.19. The van der Waals surface area contributed by atoms with Crippen LogP contribution in [0.5, 0.6) is 0 Å². The van der Waals surface area contributed by atoms with Crippen molar-refractivity contribution in [3.05, 3.63) is 95.4 Å². The van der Waals surface area contributed by atoms with Gasteiger partial charge >= 0.3 is 11.9 Å². The largest absolute Gasteiger partial charge is 0.478 e. The SMILES string of the molecule is CCCCC[C@H](CN(O)C=O)C(=O)NCNC(=O)c1ccc(-c2cccc(C(=O)O)c2)o1.CCCCC[C@H](CN(O)C=O)C(=O)NCNC(=O)c1ccc(-c2ccccc2C(=O)O)o1. The molecule has 0 fully saturated rings. The number of carbonyl (C=O) groups is 8. The van der Waals surface area contributed by atoms with Crippen molar-refractivity contribution in [3.8, 4) is 22.6 Å². The van der Waals surface area contributed by atoms with Crippen molar-refractivity contribution in [2.24, 2.45) is 11.8 Å². The molecule has 20 heteroatoms.